The van der Waals surface area contributed by atoms with E-state index in [2.05, 4.69) is 30.9 Å². The van der Waals surface area contributed by atoms with Gasteiger partial charge in [0.2, 0.25) is 11.9 Å². The number of para-hydroxylation sites is 1. The molecule has 0 radical (unpaired) electrons. The Kier molecular flexibility index (Phi) is 9.14. The highest BCUT2D eigenvalue weighted by atomic mass is 35.5. The van der Waals surface area contributed by atoms with E-state index in [0.29, 0.717) is 48.1 Å². The van der Waals surface area contributed by atoms with E-state index in [1.807, 2.05) is 18.2 Å². The summed E-state index contributed by atoms with van der Waals surface area (Å²) in [5.74, 6) is -1.39. The lowest BCUT2D eigenvalue weighted by Gasteiger charge is -2.22. The zero-order chi connectivity index (χ0) is 35.8. The van der Waals surface area contributed by atoms with Crippen molar-refractivity contribution in [3.8, 4) is 6.01 Å². The SMILES string of the molecule is O=C(Nc1ccccc1)C(=O)N1CC2CN(C(=O)c3ccc(Nc4nc(NC5(c6ccc(Cl)cc6)CC5)nc(OCC(F)(F)F)n4)cc3)CC2C1. The second-order valence-corrected chi connectivity index (χ2v) is 13.3. The van der Waals surface area contributed by atoms with Gasteiger partial charge in [-0.2, -0.15) is 28.1 Å². The first-order valence-electron chi connectivity index (χ1n) is 16.2. The van der Waals surface area contributed by atoms with Crippen molar-refractivity contribution >= 4 is 52.6 Å². The number of aromatic nitrogens is 3. The molecule has 2 aliphatic heterocycles. The average molecular weight is 721 g/mol. The minimum atomic E-state index is -4.60. The van der Waals surface area contributed by atoms with Gasteiger partial charge in [0.05, 0.1) is 5.54 Å². The summed E-state index contributed by atoms with van der Waals surface area (Å²) in [6.45, 7) is 0.0945. The van der Waals surface area contributed by atoms with Crippen molar-refractivity contribution in [3.05, 3.63) is 95.0 Å². The predicted octanol–water partition coefficient (Wildman–Crippen LogP) is 5.48. The first-order valence-corrected chi connectivity index (χ1v) is 16.6. The first-order chi connectivity index (χ1) is 24.4. The van der Waals surface area contributed by atoms with Gasteiger partial charge in [-0.05, 0) is 66.9 Å². The second kappa shape index (κ2) is 13.7. The summed E-state index contributed by atoms with van der Waals surface area (Å²) in [5, 5.41) is 9.39. The molecule has 0 bridgehead atoms. The van der Waals surface area contributed by atoms with Gasteiger partial charge in [-0.25, -0.2) is 0 Å². The summed E-state index contributed by atoms with van der Waals surface area (Å²) in [7, 11) is 0. The molecule has 7 rings (SSSR count). The van der Waals surface area contributed by atoms with E-state index < -0.39 is 36.1 Å². The van der Waals surface area contributed by atoms with Gasteiger partial charge in [0.15, 0.2) is 6.61 Å². The molecule has 4 aromatic rings. The number of carbonyl (C=O) groups excluding carboxylic acids is 3. The Labute approximate surface area is 295 Å². The van der Waals surface area contributed by atoms with Crippen molar-refractivity contribution in [2.75, 3.05) is 48.7 Å². The normalized spacial score (nSPS) is 18.9. The smallest absolute Gasteiger partial charge is 0.422 e. The van der Waals surface area contributed by atoms with Crippen LogP contribution in [-0.4, -0.2) is 81.4 Å². The standard InChI is InChI=1S/C35H32ClF3N8O4/c36-25-10-8-24(9-11-25)34(14-15-34)45-32-42-31(43-33(44-32)51-20-35(37,38)39)41-27-12-6-21(7-13-27)29(49)46-16-22-18-47(19-23(22)17-46)30(50)28(48)40-26-4-2-1-3-5-26/h1-13,22-23H,14-20H2,(H,40,48)(H2,41,42,43,44,45). The van der Waals surface area contributed by atoms with Crippen LogP contribution in [0.15, 0.2) is 78.9 Å². The monoisotopic (exact) mass is 720 g/mol. The third-order valence-electron chi connectivity index (χ3n) is 9.15. The van der Waals surface area contributed by atoms with Crippen LogP contribution in [-0.2, 0) is 15.1 Å². The number of likely N-dealkylation sites (tertiary alicyclic amines) is 2. The minimum absolute atomic E-state index is 0.0283. The molecule has 3 aromatic carbocycles. The first kappa shape index (κ1) is 34.0. The van der Waals surface area contributed by atoms with Gasteiger partial charge >= 0.3 is 24.0 Å². The zero-order valence-corrected chi connectivity index (χ0v) is 27.7. The lowest BCUT2D eigenvalue weighted by Crippen LogP contribution is -2.40. The van der Waals surface area contributed by atoms with E-state index in [1.54, 1.807) is 70.5 Å². The number of amides is 3. The van der Waals surface area contributed by atoms with Crippen LogP contribution in [0.1, 0.15) is 28.8 Å². The van der Waals surface area contributed by atoms with E-state index in [1.165, 1.54) is 0 Å². The zero-order valence-electron chi connectivity index (χ0n) is 27.0. The van der Waals surface area contributed by atoms with E-state index in [0.717, 1.165) is 18.4 Å². The van der Waals surface area contributed by atoms with Crippen LogP contribution in [0.4, 0.5) is 36.4 Å². The molecule has 3 aliphatic rings. The Bertz CT molecular complexity index is 1910. The number of rotatable bonds is 9. The molecule has 1 saturated carbocycles. The number of benzene rings is 3. The Hall–Kier alpha value is -5.44. The van der Waals surface area contributed by atoms with Gasteiger partial charge in [-0.3, -0.25) is 14.4 Å². The van der Waals surface area contributed by atoms with Crippen molar-refractivity contribution in [2.45, 2.75) is 24.6 Å². The maximum atomic E-state index is 13.4. The largest absolute Gasteiger partial charge is 0.454 e. The molecule has 51 heavy (non-hydrogen) atoms. The molecule has 3 heterocycles. The van der Waals surface area contributed by atoms with Gasteiger partial charge in [0, 0.05) is 60.0 Å². The average Bonchev–Trinajstić information content (AvgIpc) is 3.60. The lowest BCUT2D eigenvalue weighted by atomic mass is 10.0. The number of ether oxygens (including phenoxy) is 1. The maximum absolute atomic E-state index is 13.4. The van der Waals surface area contributed by atoms with Gasteiger partial charge < -0.3 is 30.5 Å². The number of fused-ring (bicyclic) bond motifs is 1. The third-order valence-corrected chi connectivity index (χ3v) is 9.40. The molecular weight excluding hydrogens is 689 g/mol. The summed E-state index contributed by atoms with van der Waals surface area (Å²) in [6, 6.07) is 22.0. The Balaban J connectivity index is 0.978. The highest BCUT2D eigenvalue weighted by Gasteiger charge is 2.46. The number of halogens is 4. The number of alkyl halides is 3. The van der Waals surface area contributed by atoms with E-state index >= 15 is 0 Å². The highest BCUT2D eigenvalue weighted by Crippen LogP contribution is 2.48. The van der Waals surface area contributed by atoms with Crippen LogP contribution < -0.4 is 20.7 Å². The minimum Gasteiger partial charge on any atom is -0.454 e. The van der Waals surface area contributed by atoms with E-state index in [9.17, 15) is 27.6 Å². The summed E-state index contributed by atoms with van der Waals surface area (Å²) in [4.78, 5) is 54.5. The van der Waals surface area contributed by atoms with Gasteiger partial charge in [-0.1, -0.05) is 41.9 Å². The Morgan fingerprint density at radius 2 is 1.43 bits per heavy atom. The van der Waals surface area contributed by atoms with Gasteiger partial charge in [-0.15, -0.1) is 0 Å². The molecule has 2 saturated heterocycles. The van der Waals surface area contributed by atoms with Gasteiger partial charge in [0.1, 0.15) is 0 Å². The summed E-state index contributed by atoms with van der Waals surface area (Å²) in [6.07, 6.45) is -3.10. The highest BCUT2D eigenvalue weighted by molar-refractivity contribution is 6.39. The van der Waals surface area contributed by atoms with Crippen molar-refractivity contribution in [1.29, 1.82) is 0 Å². The summed E-state index contributed by atoms with van der Waals surface area (Å²) in [5.41, 5.74) is 1.87. The number of nitrogens with one attached hydrogen (secondary N) is 3. The van der Waals surface area contributed by atoms with Crippen LogP contribution in [0.25, 0.3) is 0 Å². The van der Waals surface area contributed by atoms with Crippen molar-refractivity contribution in [2.24, 2.45) is 11.8 Å². The van der Waals surface area contributed by atoms with Crippen LogP contribution in [0, 0.1) is 11.8 Å². The van der Waals surface area contributed by atoms with Crippen molar-refractivity contribution in [1.82, 2.24) is 24.8 Å². The predicted molar refractivity (Wildman–Crippen MR) is 182 cm³/mol. The summed E-state index contributed by atoms with van der Waals surface area (Å²) < 4.78 is 43.7. The maximum Gasteiger partial charge on any atom is 0.422 e. The van der Waals surface area contributed by atoms with Gasteiger partial charge in [0.25, 0.3) is 5.91 Å². The second-order valence-electron chi connectivity index (χ2n) is 12.8. The van der Waals surface area contributed by atoms with Crippen LogP contribution in [0.5, 0.6) is 6.01 Å². The Morgan fingerprint density at radius 1 is 0.804 bits per heavy atom. The molecule has 3 fully saturated rings. The quantitative estimate of drug-likeness (QED) is 0.192. The lowest BCUT2D eigenvalue weighted by molar-refractivity contribution is -0.154. The molecule has 1 aromatic heterocycles. The number of hydrogen-bond donors (Lipinski definition) is 3. The van der Waals surface area contributed by atoms with Crippen LogP contribution in [0.2, 0.25) is 5.02 Å². The van der Waals surface area contributed by atoms with Crippen molar-refractivity contribution in [3.63, 3.8) is 0 Å². The molecular formula is C35H32ClF3N8O4. The fourth-order valence-electron chi connectivity index (χ4n) is 6.46. The molecule has 12 nitrogen and oxygen atoms in total. The molecule has 2 unspecified atom stereocenters. The molecule has 0 spiro atoms. The molecule has 3 amide bonds. The third kappa shape index (κ3) is 7.98. The van der Waals surface area contributed by atoms with Crippen LogP contribution in [0.3, 0.4) is 0 Å². The molecule has 16 heteroatoms. The molecule has 1 aliphatic carbocycles. The number of nitrogens with zero attached hydrogens (tertiary/aromatic N) is 5. The fourth-order valence-corrected chi connectivity index (χ4v) is 6.58. The number of carbonyl (C=O) groups is 3. The van der Waals surface area contributed by atoms with Crippen molar-refractivity contribution < 1.29 is 32.3 Å². The molecule has 2 atom stereocenters. The van der Waals surface area contributed by atoms with Crippen LogP contribution >= 0.6 is 11.6 Å². The fraction of sp³-hybridized carbons (Fsp3) is 0.314. The summed E-state index contributed by atoms with van der Waals surface area (Å²) >= 11 is 6.04. The Morgan fingerprint density at radius 3 is 2.06 bits per heavy atom. The number of anilines is 4. The number of hydrogen-bond acceptors (Lipinski definition) is 9. The molecule has 3 N–H and O–H groups in total. The van der Waals surface area contributed by atoms with E-state index in [-0.39, 0.29) is 29.6 Å². The molecule has 264 valence electrons. The topological polar surface area (TPSA) is 142 Å². The van der Waals surface area contributed by atoms with E-state index in [4.69, 9.17) is 16.3 Å².